The van der Waals surface area contributed by atoms with E-state index >= 15 is 0 Å². The van der Waals surface area contributed by atoms with Crippen molar-refractivity contribution >= 4 is 11.4 Å². The number of anilines is 1. The van der Waals surface area contributed by atoms with E-state index < -0.39 is 4.92 Å². The summed E-state index contributed by atoms with van der Waals surface area (Å²) in [7, 11) is 3.24. The van der Waals surface area contributed by atoms with Crippen LogP contribution in [-0.2, 0) is 16.1 Å². The van der Waals surface area contributed by atoms with Crippen molar-refractivity contribution in [2.45, 2.75) is 19.6 Å². The molecule has 0 aliphatic rings. The maximum absolute atomic E-state index is 10.9. The third-order valence-corrected chi connectivity index (χ3v) is 3.24. The van der Waals surface area contributed by atoms with Crippen LogP contribution in [0.2, 0.25) is 0 Å². The Morgan fingerprint density at radius 3 is 2.62 bits per heavy atom. The zero-order valence-corrected chi connectivity index (χ0v) is 12.6. The second kappa shape index (κ2) is 8.56. The fourth-order valence-corrected chi connectivity index (χ4v) is 2.18. The second-order valence-corrected chi connectivity index (χ2v) is 4.72. The number of methoxy groups -OCH3 is 2. The molecule has 21 heavy (non-hydrogen) atoms. The number of aliphatic hydroxyl groups excluding tert-OH is 1. The molecule has 0 amide bonds. The van der Waals surface area contributed by atoms with E-state index in [0.29, 0.717) is 25.3 Å². The highest BCUT2D eigenvalue weighted by molar-refractivity contribution is 5.56. The Labute approximate surface area is 124 Å². The van der Waals surface area contributed by atoms with Gasteiger partial charge in [0.15, 0.2) is 0 Å². The first-order valence-electron chi connectivity index (χ1n) is 6.67. The number of nitro benzene ring substituents is 1. The lowest BCUT2D eigenvalue weighted by atomic mass is 10.1. The van der Waals surface area contributed by atoms with Crippen LogP contribution in [0.3, 0.4) is 0 Å². The summed E-state index contributed by atoms with van der Waals surface area (Å²) in [5, 5.41) is 20.2. The van der Waals surface area contributed by atoms with Gasteiger partial charge in [-0.05, 0) is 19.1 Å². The van der Waals surface area contributed by atoms with Crippen LogP contribution in [0.5, 0.6) is 0 Å². The lowest BCUT2D eigenvalue weighted by molar-refractivity contribution is -0.385. The molecule has 118 valence electrons. The van der Waals surface area contributed by atoms with E-state index in [9.17, 15) is 15.2 Å². The van der Waals surface area contributed by atoms with Crippen molar-refractivity contribution in [3.63, 3.8) is 0 Å². The maximum Gasteiger partial charge on any atom is 0.275 e. The SMILES string of the molecule is COCCN(c1ccc([N+](=O)[O-])c(CO)c1)C(C)COC. The molecule has 0 aromatic heterocycles. The Morgan fingerprint density at radius 1 is 1.38 bits per heavy atom. The van der Waals surface area contributed by atoms with Crippen LogP contribution < -0.4 is 4.90 Å². The summed E-state index contributed by atoms with van der Waals surface area (Å²) in [6, 6.07) is 4.82. The van der Waals surface area contributed by atoms with Gasteiger partial charge in [-0.3, -0.25) is 10.1 Å². The molecule has 0 aliphatic carbocycles. The molecule has 7 nitrogen and oxygen atoms in total. The molecule has 0 saturated heterocycles. The van der Waals surface area contributed by atoms with Gasteiger partial charge < -0.3 is 19.5 Å². The highest BCUT2D eigenvalue weighted by atomic mass is 16.6. The van der Waals surface area contributed by atoms with Gasteiger partial charge in [0.1, 0.15) is 0 Å². The molecule has 1 unspecified atom stereocenters. The van der Waals surface area contributed by atoms with Crippen molar-refractivity contribution in [1.82, 2.24) is 0 Å². The van der Waals surface area contributed by atoms with Gasteiger partial charge in [0.05, 0.1) is 30.3 Å². The van der Waals surface area contributed by atoms with E-state index in [1.165, 1.54) is 6.07 Å². The lowest BCUT2D eigenvalue weighted by Gasteiger charge is -2.31. The van der Waals surface area contributed by atoms with E-state index in [4.69, 9.17) is 9.47 Å². The molecule has 1 atom stereocenters. The first-order valence-corrected chi connectivity index (χ1v) is 6.67. The van der Waals surface area contributed by atoms with E-state index in [-0.39, 0.29) is 18.3 Å². The van der Waals surface area contributed by atoms with Crippen LogP contribution in [0.25, 0.3) is 0 Å². The Bertz CT molecular complexity index is 467. The number of hydrogen-bond acceptors (Lipinski definition) is 6. The van der Waals surface area contributed by atoms with Gasteiger partial charge in [-0.15, -0.1) is 0 Å². The molecular formula is C14H22N2O5. The van der Waals surface area contributed by atoms with Gasteiger partial charge in [0, 0.05) is 38.6 Å². The monoisotopic (exact) mass is 298 g/mol. The van der Waals surface area contributed by atoms with Crippen molar-refractivity contribution < 1.29 is 19.5 Å². The molecular weight excluding hydrogens is 276 g/mol. The molecule has 0 fully saturated rings. The fourth-order valence-electron chi connectivity index (χ4n) is 2.18. The number of benzene rings is 1. The smallest absolute Gasteiger partial charge is 0.275 e. The molecule has 0 aliphatic heterocycles. The van der Waals surface area contributed by atoms with E-state index in [0.717, 1.165) is 5.69 Å². The summed E-state index contributed by atoms with van der Waals surface area (Å²) in [4.78, 5) is 12.5. The summed E-state index contributed by atoms with van der Waals surface area (Å²) in [5.74, 6) is 0. The zero-order chi connectivity index (χ0) is 15.8. The molecule has 1 aromatic carbocycles. The largest absolute Gasteiger partial charge is 0.391 e. The molecule has 1 rings (SSSR count). The molecule has 0 radical (unpaired) electrons. The summed E-state index contributed by atoms with van der Waals surface area (Å²) < 4.78 is 10.3. The third kappa shape index (κ3) is 4.66. The van der Waals surface area contributed by atoms with Gasteiger partial charge in [0.25, 0.3) is 5.69 Å². The van der Waals surface area contributed by atoms with Crippen LogP contribution in [0.1, 0.15) is 12.5 Å². The van der Waals surface area contributed by atoms with Crippen LogP contribution in [-0.4, -0.2) is 50.0 Å². The van der Waals surface area contributed by atoms with Crippen molar-refractivity contribution in [1.29, 1.82) is 0 Å². The van der Waals surface area contributed by atoms with Gasteiger partial charge in [-0.25, -0.2) is 0 Å². The van der Waals surface area contributed by atoms with Crippen molar-refractivity contribution in [2.24, 2.45) is 0 Å². The minimum atomic E-state index is -0.493. The van der Waals surface area contributed by atoms with Gasteiger partial charge >= 0.3 is 0 Å². The first-order chi connectivity index (χ1) is 10.0. The molecule has 0 heterocycles. The Morgan fingerprint density at radius 2 is 2.10 bits per heavy atom. The highest BCUT2D eigenvalue weighted by Gasteiger charge is 2.19. The number of ether oxygens (including phenoxy) is 2. The molecule has 1 N–H and O–H groups in total. The van der Waals surface area contributed by atoms with Gasteiger partial charge in [0.2, 0.25) is 0 Å². The standard InChI is InChI=1S/C14H22N2O5/c1-11(10-21-3)15(6-7-20-2)13-4-5-14(16(18)19)12(8-13)9-17/h4-5,8,11,17H,6-7,9-10H2,1-3H3. The average molecular weight is 298 g/mol. The van der Waals surface area contributed by atoms with E-state index in [1.54, 1.807) is 26.4 Å². The number of aliphatic hydroxyl groups is 1. The normalized spacial score (nSPS) is 12.2. The lowest BCUT2D eigenvalue weighted by Crippen LogP contribution is -2.38. The molecule has 1 aromatic rings. The summed E-state index contributed by atoms with van der Waals surface area (Å²) in [5.41, 5.74) is 1.02. The highest BCUT2D eigenvalue weighted by Crippen LogP contribution is 2.26. The molecule has 0 spiro atoms. The van der Waals surface area contributed by atoms with Crippen molar-refractivity contribution in [3.8, 4) is 0 Å². The Balaban J connectivity index is 3.08. The minimum absolute atomic E-state index is 0.0765. The van der Waals surface area contributed by atoms with Gasteiger partial charge in [-0.2, -0.15) is 0 Å². The number of rotatable bonds is 9. The van der Waals surface area contributed by atoms with Gasteiger partial charge in [-0.1, -0.05) is 0 Å². The average Bonchev–Trinajstić information content (AvgIpc) is 2.47. The van der Waals surface area contributed by atoms with Crippen molar-refractivity contribution in [3.05, 3.63) is 33.9 Å². The third-order valence-electron chi connectivity index (χ3n) is 3.24. The van der Waals surface area contributed by atoms with E-state index in [1.807, 2.05) is 11.8 Å². The Hall–Kier alpha value is -1.70. The predicted molar refractivity (Wildman–Crippen MR) is 79.6 cm³/mol. The van der Waals surface area contributed by atoms with Crippen LogP contribution in [0.15, 0.2) is 18.2 Å². The molecule has 7 heteroatoms. The van der Waals surface area contributed by atoms with E-state index in [2.05, 4.69) is 0 Å². The molecule has 0 saturated carbocycles. The minimum Gasteiger partial charge on any atom is -0.391 e. The summed E-state index contributed by atoms with van der Waals surface area (Å²) >= 11 is 0. The maximum atomic E-state index is 10.9. The molecule has 0 bridgehead atoms. The summed E-state index contributed by atoms with van der Waals surface area (Å²) in [6.45, 7) is 3.30. The number of nitrogens with zero attached hydrogens (tertiary/aromatic N) is 2. The second-order valence-electron chi connectivity index (χ2n) is 4.72. The topological polar surface area (TPSA) is 85.1 Å². The zero-order valence-electron chi connectivity index (χ0n) is 12.6. The summed E-state index contributed by atoms with van der Waals surface area (Å²) in [6.07, 6.45) is 0. The number of hydrogen-bond donors (Lipinski definition) is 1. The quantitative estimate of drug-likeness (QED) is 0.550. The fraction of sp³-hybridized carbons (Fsp3) is 0.571. The number of nitro groups is 1. The predicted octanol–water partition coefficient (Wildman–Crippen LogP) is 1.57. The van der Waals surface area contributed by atoms with Crippen LogP contribution in [0.4, 0.5) is 11.4 Å². The Kier molecular flexibility index (Phi) is 7.07. The van der Waals surface area contributed by atoms with Crippen molar-refractivity contribution in [2.75, 3.05) is 38.9 Å². The van der Waals surface area contributed by atoms with Crippen LogP contribution >= 0.6 is 0 Å². The first kappa shape index (κ1) is 17.4. The van der Waals surface area contributed by atoms with Crippen LogP contribution in [0, 0.1) is 10.1 Å².